The van der Waals surface area contributed by atoms with Crippen LogP contribution in [0.25, 0.3) is 11.4 Å². The number of aromatic nitrogens is 1. The minimum Gasteiger partial charge on any atom is -0.497 e. The van der Waals surface area contributed by atoms with Crippen LogP contribution in [0, 0.1) is 13.8 Å². The number of amides is 1. The molecule has 0 saturated carbocycles. The predicted octanol–water partition coefficient (Wildman–Crippen LogP) is 4.83. The van der Waals surface area contributed by atoms with E-state index in [0.29, 0.717) is 17.1 Å². The number of anilines is 1. The Hall–Kier alpha value is -3.67. The lowest BCUT2D eigenvalue weighted by Crippen LogP contribution is -2.22. The van der Waals surface area contributed by atoms with Gasteiger partial charge < -0.3 is 14.1 Å². The number of carbonyl (C=O) groups excluding carboxylic acids is 1. The zero-order valence-electron chi connectivity index (χ0n) is 16.2. The first-order chi connectivity index (χ1) is 13.5. The van der Waals surface area contributed by atoms with Crippen molar-refractivity contribution in [2.45, 2.75) is 13.8 Å². The number of benzene rings is 2. The van der Waals surface area contributed by atoms with Gasteiger partial charge in [0.2, 0.25) is 0 Å². The molecule has 1 heterocycles. The van der Waals surface area contributed by atoms with Gasteiger partial charge in [-0.15, -0.1) is 0 Å². The van der Waals surface area contributed by atoms with E-state index in [2.05, 4.69) is 47.9 Å². The highest BCUT2D eigenvalue weighted by Gasteiger charge is 2.07. The Morgan fingerprint density at radius 1 is 0.929 bits per heavy atom. The number of carbonyl (C=O) groups is 1. The van der Waals surface area contributed by atoms with Crippen molar-refractivity contribution < 1.29 is 14.4 Å². The van der Waals surface area contributed by atoms with Crippen molar-refractivity contribution >= 4 is 17.5 Å². The molecule has 28 heavy (non-hydrogen) atoms. The summed E-state index contributed by atoms with van der Waals surface area (Å²) in [6.07, 6.45) is -0.637. The maximum Gasteiger partial charge on any atom is 0.435 e. The first-order valence-corrected chi connectivity index (χ1v) is 8.80. The van der Waals surface area contributed by atoms with E-state index in [-0.39, 0.29) is 0 Å². The molecule has 0 unspecified atom stereocenters. The molecule has 0 fully saturated rings. The van der Waals surface area contributed by atoms with Crippen molar-refractivity contribution in [1.82, 2.24) is 10.0 Å². The fourth-order valence-electron chi connectivity index (χ4n) is 2.87. The number of ether oxygens (including phenoxy) is 1. The molecule has 144 valence electrons. The quantitative estimate of drug-likeness (QED) is 0.604. The molecular formula is C22H23N3O3. The van der Waals surface area contributed by atoms with Gasteiger partial charge in [0, 0.05) is 28.3 Å². The number of nitrogens with one attached hydrogen (secondary N) is 2. The molecule has 1 amide bonds. The van der Waals surface area contributed by atoms with Gasteiger partial charge in [0.15, 0.2) is 0 Å². The zero-order valence-corrected chi connectivity index (χ0v) is 16.2. The molecule has 0 aliphatic heterocycles. The fraction of sp³-hybridized carbons (Fsp3) is 0.136. The minimum atomic E-state index is -0.637. The maximum atomic E-state index is 11.9. The number of rotatable bonds is 6. The third kappa shape index (κ3) is 4.35. The summed E-state index contributed by atoms with van der Waals surface area (Å²) in [5.74, 6) is 0.708. The molecule has 0 aliphatic carbocycles. The Labute approximate surface area is 164 Å². The summed E-state index contributed by atoms with van der Waals surface area (Å²) >= 11 is 0. The van der Waals surface area contributed by atoms with Crippen LogP contribution in [0.5, 0.6) is 5.75 Å². The van der Waals surface area contributed by atoms with Gasteiger partial charge in [-0.2, -0.15) is 0 Å². The Bertz CT molecular complexity index is 954. The fourth-order valence-corrected chi connectivity index (χ4v) is 2.87. The molecule has 0 saturated heterocycles. The smallest absolute Gasteiger partial charge is 0.435 e. The molecule has 0 radical (unpaired) electrons. The van der Waals surface area contributed by atoms with E-state index in [1.165, 1.54) is 11.4 Å². The van der Waals surface area contributed by atoms with Gasteiger partial charge in [-0.25, -0.2) is 10.3 Å². The highest BCUT2D eigenvalue weighted by molar-refractivity contribution is 5.84. The summed E-state index contributed by atoms with van der Waals surface area (Å²) in [5.41, 5.74) is 7.88. The summed E-state index contributed by atoms with van der Waals surface area (Å²) in [7, 11) is 1.58. The van der Waals surface area contributed by atoms with Crippen LogP contribution in [0.15, 0.2) is 67.2 Å². The van der Waals surface area contributed by atoms with Crippen LogP contribution in [0.4, 0.5) is 10.5 Å². The van der Waals surface area contributed by atoms with E-state index in [9.17, 15) is 4.79 Å². The molecule has 0 spiro atoms. The molecule has 3 aromatic rings. The molecule has 3 rings (SSSR count). The molecule has 2 N–H and O–H groups in total. The van der Waals surface area contributed by atoms with Gasteiger partial charge in [-0.3, -0.25) is 5.32 Å². The molecule has 6 nitrogen and oxygen atoms in total. The second-order valence-corrected chi connectivity index (χ2v) is 6.32. The van der Waals surface area contributed by atoms with Crippen LogP contribution >= 0.6 is 0 Å². The topological polar surface area (TPSA) is 64.5 Å². The first kappa shape index (κ1) is 19.1. The van der Waals surface area contributed by atoms with Gasteiger partial charge in [-0.05, 0) is 62.4 Å². The molecule has 0 atom stereocenters. The van der Waals surface area contributed by atoms with Gasteiger partial charge in [0.05, 0.1) is 12.8 Å². The van der Waals surface area contributed by atoms with E-state index in [1.54, 1.807) is 31.4 Å². The highest BCUT2D eigenvalue weighted by Crippen LogP contribution is 2.19. The van der Waals surface area contributed by atoms with Crippen molar-refractivity contribution in [2.75, 3.05) is 12.4 Å². The van der Waals surface area contributed by atoms with Crippen LogP contribution in [-0.4, -0.2) is 17.8 Å². The van der Waals surface area contributed by atoms with E-state index < -0.39 is 6.09 Å². The van der Waals surface area contributed by atoms with Gasteiger partial charge in [0.25, 0.3) is 0 Å². The predicted molar refractivity (Wildman–Crippen MR) is 111 cm³/mol. The first-order valence-electron chi connectivity index (χ1n) is 8.80. The van der Waals surface area contributed by atoms with Gasteiger partial charge in [0.1, 0.15) is 5.75 Å². The van der Waals surface area contributed by atoms with Crippen LogP contribution in [0.1, 0.15) is 17.0 Å². The van der Waals surface area contributed by atoms with Crippen molar-refractivity contribution in [2.24, 2.45) is 0 Å². The van der Waals surface area contributed by atoms with Crippen LogP contribution in [0.3, 0.4) is 0 Å². The highest BCUT2D eigenvalue weighted by atomic mass is 16.7. The van der Waals surface area contributed by atoms with Crippen molar-refractivity contribution in [1.29, 1.82) is 0 Å². The second kappa shape index (κ2) is 8.35. The lowest BCUT2D eigenvalue weighted by Gasteiger charge is -2.13. The lowest BCUT2D eigenvalue weighted by molar-refractivity contribution is 0.131. The average molecular weight is 377 g/mol. The van der Waals surface area contributed by atoms with Crippen molar-refractivity contribution in [3.8, 4) is 11.4 Å². The average Bonchev–Trinajstić information content (AvgIpc) is 3.05. The SMILES string of the molecule is C=C(NOC(=O)Nc1ccc(OC)cc1)c1ccc(-n2c(C)ccc2C)cc1. The molecule has 6 heteroatoms. The van der Waals surface area contributed by atoms with E-state index >= 15 is 0 Å². The number of hydroxylamine groups is 1. The number of hydrogen-bond acceptors (Lipinski definition) is 4. The Balaban J connectivity index is 1.56. The Morgan fingerprint density at radius 3 is 2.11 bits per heavy atom. The lowest BCUT2D eigenvalue weighted by atomic mass is 10.1. The third-order valence-corrected chi connectivity index (χ3v) is 4.35. The molecular weight excluding hydrogens is 354 g/mol. The van der Waals surface area contributed by atoms with E-state index in [1.807, 2.05) is 24.3 Å². The summed E-state index contributed by atoms with van der Waals surface area (Å²) in [4.78, 5) is 16.9. The number of nitrogens with zero attached hydrogens (tertiary/aromatic N) is 1. The second-order valence-electron chi connectivity index (χ2n) is 6.32. The van der Waals surface area contributed by atoms with Crippen molar-refractivity contribution in [3.05, 3.63) is 84.2 Å². The number of aryl methyl sites for hydroxylation is 2. The standard InChI is InChI=1S/C22H23N3O3/c1-15-5-6-16(2)25(15)20-11-7-18(8-12-20)17(3)24-28-22(26)23-19-9-13-21(27-4)14-10-19/h5-14,24H,3H2,1-2,4H3,(H,23,26). The van der Waals surface area contributed by atoms with E-state index in [0.717, 1.165) is 11.3 Å². The zero-order chi connectivity index (χ0) is 20.1. The largest absolute Gasteiger partial charge is 0.497 e. The van der Waals surface area contributed by atoms with Crippen LogP contribution in [-0.2, 0) is 4.84 Å². The summed E-state index contributed by atoms with van der Waals surface area (Å²) in [6.45, 7) is 8.05. The Kier molecular flexibility index (Phi) is 5.69. The molecule has 2 aromatic carbocycles. The summed E-state index contributed by atoms with van der Waals surface area (Å²) in [6, 6.07) is 19.0. The number of hydrogen-bond donors (Lipinski definition) is 2. The summed E-state index contributed by atoms with van der Waals surface area (Å²) < 4.78 is 7.24. The maximum absolute atomic E-state index is 11.9. The van der Waals surface area contributed by atoms with Gasteiger partial charge in [-0.1, -0.05) is 18.7 Å². The molecule has 1 aromatic heterocycles. The minimum absolute atomic E-state index is 0.484. The van der Waals surface area contributed by atoms with Gasteiger partial charge >= 0.3 is 6.09 Å². The Morgan fingerprint density at radius 2 is 1.54 bits per heavy atom. The van der Waals surface area contributed by atoms with Crippen LogP contribution in [0.2, 0.25) is 0 Å². The van der Waals surface area contributed by atoms with Crippen LogP contribution < -0.4 is 15.5 Å². The third-order valence-electron chi connectivity index (χ3n) is 4.35. The normalized spacial score (nSPS) is 10.2. The van der Waals surface area contributed by atoms with E-state index in [4.69, 9.17) is 9.57 Å². The van der Waals surface area contributed by atoms with Crippen molar-refractivity contribution in [3.63, 3.8) is 0 Å². The molecule has 0 aliphatic rings. The summed E-state index contributed by atoms with van der Waals surface area (Å²) in [5, 5.41) is 2.62. The monoisotopic (exact) mass is 377 g/mol. The number of methoxy groups -OCH3 is 1. The molecule has 0 bridgehead atoms.